The van der Waals surface area contributed by atoms with Gasteiger partial charge in [-0.2, -0.15) is 0 Å². The van der Waals surface area contributed by atoms with E-state index in [0.717, 1.165) is 73.6 Å². The highest BCUT2D eigenvalue weighted by molar-refractivity contribution is 7.94. The molecule has 1 N–H and O–H groups in total. The van der Waals surface area contributed by atoms with Crippen molar-refractivity contribution in [2.24, 2.45) is 0 Å². The van der Waals surface area contributed by atoms with Crippen LogP contribution in [0.15, 0.2) is 97.3 Å². The van der Waals surface area contributed by atoms with Crippen molar-refractivity contribution in [1.29, 1.82) is 0 Å². The van der Waals surface area contributed by atoms with E-state index in [-0.39, 0.29) is 0 Å². The lowest BCUT2D eigenvalue weighted by molar-refractivity contribution is -0.432. The van der Waals surface area contributed by atoms with E-state index in [1.165, 1.54) is 22.7 Å². The highest BCUT2D eigenvalue weighted by atomic mass is 32.2. The molecule has 47 heavy (non-hydrogen) atoms. The number of hydrogen-bond acceptors (Lipinski definition) is 7. The molecule has 0 aliphatic rings. The van der Waals surface area contributed by atoms with Crippen molar-refractivity contribution in [3.05, 3.63) is 120 Å². The summed E-state index contributed by atoms with van der Waals surface area (Å²) in [6, 6.07) is 27.2. The third kappa shape index (κ3) is 15.2. The fraction of sp³-hybridized carbons (Fsp3) is 0.436. The molecule has 0 spiro atoms. The van der Waals surface area contributed by atoms with E-state index < -0.39 is 8.07 Å². The summed E-state index contributed by atoms with van der Waals surface area (Å²) in [7, 11) is -1.06. The van der Waals surface area contributed by atoms with Gasteiger partial charge in [0.25, 0.3) is 0 Å². The minimum atomic E-state index is -1.06. The fourth-order valence-corrected chi connectivity index (χ4v) is 7.03. The molecule has 0 aliphatic carbocycles. The maximum absolute atomic E-state index is 8.30. The van der Waals surface area contributed by atoms with Gasteiger partial charge in [-0.15, -0.1) is 4.33 Å². The smallest absolute Gasteiger partial charge is 0.119 e. The normalized spacial score (nSPS) is 13.2. The van der Waals surface area contributed by atoms with Crippen molar-refractivity contribution >= 4 is 20.1 Å². The Morgan fingerprint density at radius 2 is 1.53 bits per heavy atom. The van der Waals surface area contributed by atoms with Crippen LogP contribution in [0.1, 0.15) is 73.6 Å². The SMILES string of the molecule is C=C/C(=C\C)OCc1ccc(CCC(CC(C)c2cccc(OCCC[Si](C)(C)C)c2)c2cccc(OCCCSOOO)c2)cc1. The maximum atomic E-state index is 8.30. The van der Waals surface area contributed by atoms with Crippen LogP contribution in [-0.4, -0.2) is 32.3 Å². The van der Waals surface area contributed by atoms with E-state index in [1.54, 1.807) is 6.08 Å². The molecule has 0 radical (unpaired) electrons. The van der Waals surface area contributed by atoms with Gasteiger partial charge in [0, 0.05) is 25.9 Å². The molecule has 0 aliphatic heterocycles. The Morgan fingerprint density at radius 3 is 2.17 bits per heavy atom. The fourth-order valence-electron chi connectivity index (χ4n) is 5.48. The van der Waals surface area contributed by atoms with Crippen LogP contribution in [-0.2, 0) is 27.1 Å². The topological polar surface area (TPSA) is 66.4 Å². The molecule has 0 bridgehead atoms. The third-order valence-corrected chi connectivity index (χ3v) is 10.6. The lowest BCUT2D eigenvalue weighted by atomic mass is 9.82. The van der Waals surface area contributed by atoms with Gasteiger partial charge in [0.2, 0.25) is 0 Å². The summed E-state index contributed by atoms with van der Waals surface area (Å²) in [4.78, 5) is 0. The first-order valence-corrected chi connectivity index (χ1v) is 21.4. The summed E-state index contributed by atoms with van der Waals surface area (Å²) in [5.74, 6) is 3.96. The van der Waals surface area contributed by atoms with E-state index in [2.05, 4.69) is 109 Å². The molecule has 3 rings (SSSR count). The molecule has 0 heterocycles. The van der Waals surface area contributed by atoms with Gasteiger partial charge in [0.15, 0.2) is 0 Å². The summed E-state index contributed by atoms with van der Waals surface area (Å²) < 4.78 is 22.5. The molecule has 3 aromatic carbocycles. The van der Waals surface area contributed by atoms with Crippen LogP contribution in [0.2, 0.25) is 25.7 Å². The lowest BCUT2D eigenvalue weighted by Crippen LogP contribution is -2.20. The summed E-state index contributed by atoms with van der Waals surface area (Å²) in [6.45, 7) is 17.2. The van der Waals surface area contributed by atoms with Gasteiger partial charge in [-0.3, -0.25) is 0 Å². The molecule has 0 aromatic heterocycles. The number of allylic oxidation sites excluding steroid dienone is 2. The van der Waals surface area contributed by atoms with Crippen LogP contribution in [0.3, 0.4) is 0 Å². The number of rotatable bonds is 23. The maximum Gasteiger partial charge on any atom is 0.119 e. The molecule has 256 valence electrons. The highest BCUT2D eigenvalue weighted by Crippen LogP contribution is 2.35. The van der Waals surface area contributed by atoms with E-state index in [0.29, 0.717) is 30.8 Å². The minimum absolute atomic E-state index is 0.341. The Hall–Kier alpha value is -3.01. The van der Waals surface area contributed by atoms with E-state index in [9.17, 15) is 0 Å². The Balaban J connectivity index is 1.69. The average molecular weight is 679 g/mol. The first kappa shape index (κ1) is 38.4. The summed E-state index contributed by atoms with van der Waals surface area (Å²) in [6.07, 6.45) is 8.53. The Bertz CT molecular complexity index is 1350. The first-order valence-electron chi connectivity index (χ1n) is 16.8. The van der Waals surface area contributed by atoms with E-state index >= 15 is 0 Å². The molecule has 8 heteroatoms. The Morgan fingerprint density at radius 1 is 0.894 bits per heavy atom. The second kappa shape index (κ2) is 21.1. The van der Waals surface area contributed by atoms with Gasteiger partial charge in [-0.05, 0) is 110 Å². The molecule has 2 atom stereocenters. The Kier molecular flexibility index (Phi) is 17.2. The van der Waals surface area contributed by atoms with Crippen LogP contribution >= 0.6 is 12.0 Å². The highest BCUT2D eigenvalue weighted by Gasteiger charge is 2.19. The van der Waals surface area contributed by atoms with Gasteiger partial charge >= 0.3 is 0 Å². The molecule has 2 unspecified atom stereocenters. The van der Waals surface area contributed by atoms with Crippen molar-refractivity contribution in [3.8, 4) is 11.5 Å². The van der Waals surface area contributed by atoms with Gasteiger partial charge in [-0.1, -0.05) is 92.8 Å². The zero-order valence-corrected chi connectivity index (χ0v) is 30.7. The second-order valence-corrected chi connectivity index (χ2v) is 19.6. The summed E-state index contributed by atoms with van der Waals surface area (Å²) in [5, 5.41) is 11.9. The zero-order valence-electron chi connectivity index (χ0n) is 28.9. The quantitative estimate of drug-likeness (QED) is 0.0204. The molecule has 0 saturated carbocycles. The largest absolute Gasteiger partial charge is 0.494 e. The van der Waals surface area contributed by atoms with E-state index in [1.807, 2.05) is 19.1 Å². The van der Waals surface area contributed by atoms with Crippen LogP contribution in [0.4, 0.5) is 0 Å². The molecular weight excluding hydrogens is 625 g/mol. The van der Waals surface area contributed by atoms with Crippen LogP contribution in [0.5, 0.6) is 11.5 Å². The number of benzene rings is 3. The third-order valence-electron chi connectivity index (χ3n) is 8.15. The summed E-state index contributed by atoms with van der Waals surface area (Å²) >= 11 is 1.05. The predicted molar refractivity (Wildman–Crippen MR) is 198 cm³/mol. The Labute approximate surface area is 288 Å². The van der Waals surface area contributed by atoms with Crippen molar-refractivity contribution in [2.45, 2.75) is 90.1 Å². The molecule has 0 amide bonds. The molecule has 3 aromatic rings. The van der Waals surface area contributed by atoms with Crippen molar-refractivity contribution < 1.29 is 28.8 Å². The van der Waals surface area contributed by atoms with Gasteiger partial charge in [0.1, 0.15) is 23.9 Å². The van der Waals surface area contributed by atoms with Gasteiger partial charge in [-0.25, -0.2) is 5.26 Å². The first-order chi connectivity index (χ1) is 22.7. The summed E-state index contributed by atoms with van der Waals surface area (Å²) in [5.41, 5.74) is 5.05. The number of ether oxygens (including phenoxy) is 3. The van der Waals surface area contributed by atoms with E-state index in [4.69, 9.17) is 19.5 Å². The number of hydrogen-bond donors (Lipinski definition) is 1. The lowest BCUT2D eigenvalue weighted by Gasteiger charge is -2.23. The zero-order chi connectivity index (χ0) is 33.9. The van der Waals surface area contributed by atoms with Gasteiger partial charge < -0.3 is 14.2 Å². The molecule has 6 nitrogen and oxygen atoms in total. The van der Waals surface area contributed by atoms with Crippen LogP contribution in [0, 0.1) is 0 Å². The average Bonchev–Trinajstić information content (AvgIpc) is 3.07. The molecule has 0 fully saturated rings. The van der Waals surface area contributed by atoms with Gasteiger partial charge in [0.05, 0.1) is 13.2 Å². The molecule has 0 saturated heterocycles. The van der Waals surface area contributed by atoms with Crippen molar-refractivity contribution in [1.82, 2.24) is 0 Å². The number of aryl methyl sites for hydroxylation is 1. The van der Waals surface area contributed by atoms with Crippen LogP contribution in [0.25, 0.3) is 0 Å². The standard InChI is InChI=1S/C39H54O6SSi/c1-7-37(8-2)43-30-33-19-17-32(18-20-33)21-22-36(35-14-10-16-39(29-35)41-23-11-25-46-45-44-40)27-31(3)34-13-9-15-38(28-34)42-24-12-26-47(4,5)6/h7-10,13-20,28-29,31,36,40H,1,11-12,21-27,30H2,2-6H3/b37-8+. The predicted octanol–water partition coefficient (Wildman–Crippen LogP) is 11.1. The van der Waals surface area contributed by atoms with Crippen LogP contribution < -0.4 is 9.47 Å². The van der Waals surface area contributed by atoms with Crippen molar-refractivity contribution in [2.75, 3.05) is 19.0 Å². The minimum Gasteiger partial charge on any atom is -0.494 e. The molecular formula is C39H54O6SSi. The van der Waals surface area contributed by atoms with Crippen molar-refractivity contribution in [3.63, 3.8) is 0 Å². The monoisotopic (exact) mass is 678 g/mol. The second-order valence-electron chi connectivity index (χ2n) is 13.2.